The number of halogens is 5. The van der Waals surface area contributed by atoms with Crippen molar-refractivity contribution in [3.63, 3.8) is 0 Å². The number of aliphatic hydroxyl groups excluding tert-OH is 1. The van der Waals surface area contributed by atoms with Crippen LogP contribution in [0, 0.1) is 0 Å². The van der Waals surface area contributed by atoms with Crippen molar-refractivity contribution in [3.05, 3.63) is 34.3 Å². The average Bonchev–Trinajstić information content (AvgIpc) is 2.03. The van der Waals surface area contributed by atoms with Crippen LogP contribution in [0.3, 0.4) is 0 Å². The van der Waals surface area contributed by atoms with E-state index in [1.54, 1.807) is 6.07 Å². The van der Waals surface area contributed by atoms with Crippen LogP contribution in [-0.2, 0) is 6.61 Å². The first-order chi connectivity index (χ1) is 5.65. The van der Waals surface area contributed by atoms with Gasteiger partial charge in [0.15, 0.2) is 0 Å². The normalized spacial score (nSPS) is 7.44. The topological polar surface area (TPSA) is 37.3 Å². The van der Waals surface area contributed by atoms with Gasteiger partial charge in [-0.25, -0.2) is 0 Å². The molecule has 0 aliphatic heterocycles. The highest BCUT2D eigenvalue weighted by Crippen LogP contribution is 2.19. The van der Waals surface area contributed by atoms with Crippen molar-refractivity contribution >= 4 is 75.6 Å². The van der Waals surface area contributed by atoms with Crippen LogP contribution < -0.4 is 0 Å². The molecule has 1 rings (SSSR count). The van der Waals surface area contributed by atoms with Gasteiger partial charge in [0.05, 0.1) is 17.2 Å². The molecule has 0 heterocycles. The Hall–Kier alpha value is 0.730. The Balaban J connectivity index is -0.000000180. The molecule has 1 N–H and O–H groups in total. The molecule has 1 atom stereocenters. The molecular weight excluding hydrogens is 336 g/mol. The SMILES string of the molecule is Cl.Cl.Cl.O=C(Cl)c1ccc(CO)cc1Cl.P. The number of carbonyl (C=O) groups is 1. The van der Waals surface area contributed by atoms with E-state index in [0.29, 0.717) is 5.56 Å². The van der Waals surface area contributed by atoms with Gasteiger partial charge in [-0.15, -0.1) is 37.2 Å². The van der Waals surface area contributed by atoms with Gasteiger partial charge in [-0.1, -0.05) is 17.7 Å². The van der Waals surface area contributed by atoms with Crippen molar-refractivity contribution in [3.8, 4) is 0 Å². The van der Waals surface area contributed by atoms with Gasteiger partial charge in [0.2, 0.25) is 0 Å². The first-order valence-corrected chi connectivity index (χ1v) is 4.00. The Morgan fingerprint density at radius 1 is 1.25 bits per heavy atom. The molecule has 0 bridgehead atoms. The van der Waals surface area contributed by atoms with Crippen LogP contribution in [-0.4, -0.2) is 10.3 Å². The molecule has 8 heteroatoms. The summed E-state index contributed by atoms with van der Waals surface area (Å²) in [5.74, 6) is 0. The van der Waals surface area contributed by atoms with Crippen molar-refractivity contribution in [2.45, 2.75) is 6.61 Å². The highest BCUT2D eigenvalue weighted by atomic mass is 35.5. The first kappa shape index (κ1) is 25.5. The van der Waals surface area contributed by atoms with Gasteiger partial charge in [-0.3, -0.25) is 4.79 Å². The van der Waals surface area contributed by atoms with E-state index < -0.39 is 5.24 Å². The minimum atomic E-state index is -0.593. The van der Waals surface area contributed by atoms with E-state index in [2.05, 4.69) is 0 Å². The third-order valence-corrected chi connectivity index (χ3v) is 1.94. The lowest BCUT2D eigenvalue weighted by atomic mass is 10.1. The maximum Gasteiger partial charge on any atom is 0.253 e. The highest BCUT2D eigenvalue weighted by Gasteiger charge is 2.06. The molecule has 0 amide bonds. The number of carbonyl (C=O) groups excluding carboxylic acids is 1. The second kappa shape index (κ2) is 12.2. The van der Waals surface area contributed by atoms with Crippen LogP contribution in [0.2, 0.25) is 5.02 Å². The zero-order chi connectivity index (χ0) is 9.14. The molecule has 0 saturated carbocycles. The summed E-state index contributed by atoms with van der Waals surface area (Å²) in [4.78, 5) is 10.7. The Bertz CT molecular complexity index is 321. The van der Waals surface area contributed by atoms with Crippen molar-refractivity contribution < 1.29 is 9.90 Å². The summed E-state index contributed by atoms with van der Waals surface area (Å²) in [6.45, 7) is -0.101. The maximum atomic E-state index is 10.7. The standard InChI is InChI=1S/C8H6Cl2O2.3ClH.H3P/c9-7-3-5(4-11)1-2-6(7)8(10)12;;;;/h1-3,11H,4H2;3*1H;1H3. The molecule has 0 spiro atoms. The van der Waals surface area contributed by atoms with Crippen LogP contribution in [0.4, 0.5) is 0 Å². The van der Waals surface area contributed by atoms with Gasteiger partial charge in [0.1, 0.15) is 0 Å². The molecule has 0 aliphatic carbocycles. The lowest BCUT2D eigenvalue weighted by molar-refractivity contribution is 0.108. The predicted octanol–water partition coefficient (Wildman–Crippen LogP) is 3.53. The van der Waals surface area contributed by atoms with E-state index in [0.717, 1.165) is 0 Å². The summed E-state index contributed by atoms with van der Waals surface area (Å²) in [7, 11) is 0. The highest BCUT2D eigenvalue weighted by molar-refractivity contribution is 6.92. The largest absolute Gasteiger partial charge is 0.392 e. The van der Waals surface area contributed by atoms with E-state index in [4.69, 9.17) is 28.3 Å². The Kier molecular flexibility index (Phi) is 19.5. The number of aliphatic hydroxyl groups is 1. The van der Waals surface area contributed by atoms with Gasteiger partial charge < -0.3 is 5.11 Å². The lowest BCUT2D eigenvalue weighted by Gasteiger charge is -2.00. The number of hydrogen-bond donors (Lipinski definition) is 1. The molecule has 0 aliphatic rings. The number of hydrogen-bond acceptors (Lipinski definition) is 2. The fourth-order valence-electron chi connectivity index (χ4n) is 0.816. The Labute approximate surface area is 126 Å². The molecule has 1 unspecified atom stereocenters. The predicted molar refractivity (Wildman–Crippen MR) is 80.4 cm³/mol. The van der Waals surface area contributed by atoms with Crippen molar-refractivity contribution in [1.82, 2.24) is 0 Å². The van der Waals surface area contributed by atoms with Crippen LogP contribution in [0.1, 0.15) is 15.9 Å². The fraction of sp³-hybridized carbons (Fsp3) is 0.125. The van der Waals surface area contributed by atoms with E-state index >= 15 is 0 Å². The zero-order valence-electron chi connectivity index (χ0n) is 7.98. The second-order valence-electron chi connectivity index (χ2n) is 2.25. The van der Waals surface area contributed by atoms with E-state index in [1.807, 2.05) is 0 Å². The summed E-state index contributed by atoms with van der Waals surface area (Å²) < 4.78 is 0. The summed E-state index contributed by atoms with van der Waals surface area (Å²) in [5.41, 5.74) is 0.914. The smallest absolute Gasteiger partial charge is 0.253 e. The van der Waals surface area contributed by atoms with Crippen molar-refractivity contribution in [2.24, 2.45) is 0 Å². The molecular formula is C8H12Cl5O2P. The van der Waals surface area contributed by atoms with Crippen LogP contribution in [0.5, 0.6) is 0 Å². The van der Waals surface area contributed by atoms with Crippen LogP contribution >= 0.6 is 70.3 Å². The van der Waals surface area contributed by atoms with E-state index in [-0.39, 0.29) is 64.3 Å². The van der Waals surface area contributed by atoms with Gasteiger partial charge in [-0.2, -0.15) is 9.90 Å². The minimum Gasteiger partial charge on any atom is -0.392 e. The maximum absolute atomic E-state index is 10.7. The number of rotatable bonds is 2. The second-order valence-corrected chi connectivity index (χ2v) is 3.00. The third kappa shape index (κ3) is 7.13. The molecule has 0 fully saturated rings. The molecule has 2 nitrogen and oxygen atoms in total. The lowest BCUT2D eigenvalue weighted by Crippen LogP contribution is -1.92. The van der Waals surface area contributed by atoms with Crippen LogP contribution in [0.15, 0.2) is 18.2 Å². The van der Waals surface area contributed by atoms with Crippen molar-refractivity contribution in [2.75, 3.05) is 0 Å². The third-order valence-electron chi connectivity index (χ3n) is 1.43. The summed E-state index contributed by atoms with van der Waals surface area (Å²) in [5, 5.41) is 8.39. The molecule has 0 radical (unpaired) electrons. The number of benzene rings is 1. The summed E-state index contributed by atoms with van der Waals surface area (Å²) >= 11 is 10.9. The molecule has 1 aromatic carbocycles. The van der Waals surface area contributed by atoms with Gasteiger partial charge >= 0.3 is 0 Å². The zero-order valence-corrected chi connectivity index (χ0v) is 13.4. The van der Waals surface area contributed by atoms with Gasteiger partial charge in [-0.05, 0) is 29.3 Å². The molecule has 96 valence electrons. The van der Waals surface area contributed by atoms with Crippen LogP contribution in [0.25, 0.3) is 0 Å². The minimum absolute atomic E-state index is 0. The molecule has 0 aromatic heterocycles. The Morgan fingerprint density at radius 2 is 1.75 bits per heavy atom. The Morgan fingerprint density at radius 3 is 2.06 bits per heavy atom. The molecule has 16 heavy (non-hydrogen) atoms. The quantitative estimate of drug-likeness (QED) is 0.656. The van der Waals surface area contributed by atoms with Gasteiger partial charge in [0.25, 0.3) is 5.24 Å². The summed E-state index contributed by atoms with van der Waals surface area (Å²) in [6.07, 6.45) is 0. The fourth-order valence-corrected chi connectivity index (χ4v) is 1.32. The molecule has 0 saturated heterocycles. The summed E-state index contributed by atoms with van der Waals surface area (Å²) in [6, 6.07) is 4.60. The van der Waals surface area contributed by atoms with E-state index in [9.17, 15) is 4.79 Å². The monoisotopic (exact) mass is 346 g/mol. The van der Waals surface area contributed by atoms with E-state index in [1.165, 1.54) is 12.1 Å². The molecule has 1 aromatic rings. The van der Waals surface area contributed by atoms with Crippen molar-refractivity contribution in [1.29, 1.82) is 0 Å². The first-order valence-electron chi connectivity index (χ1n) is 3.24. The van der Waals surface area contributed by atoms with Gasteiger partial charge in [0, 0.05) is 0 Å². The average molecular weight is 348 g/mol.